The minimum absolute atomic E-state index is 0.0905. The van der Waals surface area contributed by atoms with Crippen molar-refractivity contribution < 1.29 is 23.8 Å². The Kier molecular flexibility index (Phi) is 11.4. The van der Waals surface area contributed by atoms with Crippen molar-refractivity contribution in [2.75, 3.05) is 6.61 Å². The second-order valence-corrected chi connectivity index (χ2v) is 9.91. The van der Waals surface area contributed by atoms with E-state index in [2.05, 4.69) is 20.8 Å². The van der Waals surface area contributed by atoms with Crippen LogP contribution in [0.1, 0.15) is 86.9 Å². The number of hydrogen-bond acceptors (Lipinski definition) is 5. The van der Waals surface area contributed by atoms with Crippen LogP contribution in [0.2, 0.25) is 0 Å². The van der Waals surface area contributed by atoms with Gasteiger partial charge in [-0.25, -0.2) is 9.59 Å². The Morgan fingerprint density at radius 2 is 1.24 bits per heavy atom. The molecule has 0 aliphatic heterocycles. The molecule has 0 heterocycles. The number of esters is 2. The smallest absolute Gasteiger partial charge is 0.343 e. The van der Waals surface area contributed by atoms with E-state index in [0.29, 0.717) is 29.4 Å². The molecule has 0 aliphatic rings. The maximum atomic E-state index is 12.6. The Morgan fingerprint density at radius 1 is 0.684 bits per heavy atom. The van der Waals surface area contributed by atoms with Gasteiger partial charge in [0.05, 0.1) is 23.8 Å². The van der Waals surface area contributed by atoms with Gasteiger partial charge >= 0.3 is 11.9 Å². The predicted molar refractivity (Wildman–Crippen MR) is 152 cm³/mol. The fourth-order valence-electron chi connectivity index (χ4n) is 3.89. The number of carbonyl (C=O) groups excluding carboxylic acids is 2. The first-order valence-corrected chi connectivity index (χ1v) is 13.8. The SMILES string of the molecule is CCCCCC[C@@H](C)OC(=O)c1ccc(-c2ccc(C(=O)Oc3ccc(OCC(C)CC)cc3)cc2)cc1. The molecule has 0 saturated heterocycles. The molecule has 1 unspecified atom stereocenters. The number of benzene rings is 3. The van der Waals surface area contributed by atoms with Gasteiger partial charge in [-0.3, -0.25) is 0 Å². The van der Waals surface area contributed by atoms with Crippen molar-refractivity contribution in [1.82, 2.24) is 0 Å². The van der Waals surface area contributed by atoms with E-state index in [1.807, 2.05) is 43.3 Å². The zero-order valence-electron chi connectivity index (χ0n) is 23.1. The highest BCUT2D eigenvalue weighted by Crippen LogP contribution is 2.23. The topological polar surface area (TPSA) is 61.8 Å². The molecule has 0 fully saturated rings. The number of unbranched alkanes of at least 4 members (excludes halogenated alkanes) is 3. The van der Waals surface area contributed by atoms with E-state index in [-0.39, 0.29) is 12.1 Å². The fourth-order valence-corrected chi connectivity index (χ4v) is 3.89. The summed E-state index contributed by atoms with van der Waals surface area (Å²) in [6.07, 6.45) is 6.51. The molecule has 2 atom stereocenters. The van der Waals surface area contributed by atoms with Crippen molar-refractivity contribution in [3.8, 4) is 22.6 Å². The van der Waals surface area contributed by atoms with Crippen LogP contribution in [0, 0.1) is 5.92 Å². The highest BCUT2D eigenvalue weighted by molar-refractivity contribution is 5.92. The summed E-state index contributed by atoms with van der Waals surface area (Å²) in [6.45, 7) is 9.07. The summed E-state index contributed by atoms with van der Waals surface area (Å²) in [5.74, 6) is 0.987. The lowest BCUT2D eigenvalue weighted by molar-refractivity contribution is 0.0319. The van der Waals surface area contributed by atoms with Crippen LogP contribution < -0.4 is 9.47 Å². The van der Waals surface area contributed by atoms with E-state index >= 15 is 0 Å². The van der Waals surface area contributed by atoms with Gasteiger partial charge in [0, 0.05) is 0 Å². The lowest BCUT2D eigenvalue weighted by atomic mass is 10.0. The summed E-state index contributed by atoms with van der Waals surface area (Å²) in [6, 6.07) is 21.6. The monoisotopic (exact) mass is 516 g/mol. The molecule has 0 bridgehead atoms. The van der Waals surface area contributed by atoms with Crippen LogP contribution in [0.5, 0.6) is 11.5 Å². The first-order chi connectivity index (χ1) is 18.4. The molecule has 3 aromatic rings. The first-order valence-electron chi connectivity index (χ1n) is 13.8. The van der Waals surface area contributed by atoms with E-state index in [1.54, 1.807) is 36.4 Å². The molecule has 5 heteroatoms. The third-order valence-electron chi connectivity index (χ3n) is 6.61. The second kappa shape index (κ2) is 15.0. The molecular formula is C33H40O5. The molecule has 0 aliphatic carbocycles. The van der Waals surface area contributed by atoms with E-state index in [1.165, 1.54) is 19.3 Å². The van der Waals surface area contributed by atoms with Crippen molar-refractivity contribution in [3.63, 3.8) is 0 Å². The van der Waals surface area contributed by atoms with Crippen molar-refractivity contribution in [2.24, 2.45) is 5.92 Å². The molecule has 0 N–H and O–H groups in total. The lowest BCUT2D eigenvalue weighted by Gasteiger charge is -2.13. The van der Waals surface area contributed by atoms with Gasteiger partial charge in [-0.05, 0) is 85.3 Å². The van der Waals surface area contributed by atoms with Gasteiger partial charge in [-0.2, -0.15) is 0 Å². The molecule has 202 valence electrons. The molecule has 3 aromatic carbocycles. The summed E-state index contributed by atoms with van der Waals surface area (Å²) in [4.78, 5) is 25.1. The van der Waals surface area contributed by atoms with Gasteiger partial charge in [0.2, 0.25) is 0 Å². The molecule has 5 nitrogen and oxygen atoms in total. The van der Waals surface area contributed by atoms with E-state index in [9.17, 15) is 9.59 Å². The Balaban J connectivity index is 1.52. The Bertz CT molecular complexity index is 1130. The van der Waals surface area contributed by atoms with Crippen LogP contribution in [-0.2, 0) is 4.74 Å². The zero-order chi connectivity index (χ0) is 27.3. The summed E-state index contributed by atoms with van der Waals surface area (Å²) >= 11 is 0. The zero-order valence-corrected chi connectivity index (χ0v) is 23.1. The third kappa shape index (κ3) is 9.05. The minimum Gasteiger partial charge on any atom is -0.493 e. The highest BCUT2D eigenvalue weighted by atomic mass is 16.5. The molecule has 38 heavy (non-hydrogen) atoms. The predicted octanol–water partition coefficient (Wildman–Crippen LogP) is 8.51. The summed E-state index contributed by atoms with van der Waals surface area (Å²) in [5.41, 5.74) is 2.88. The molecule has 0 saturated carbocycles. The molecule has 0 amide bonds. The van der Waals surface area contributed by atoms with Crippen molar-refractivity contribution in [3.05, 3.63) is 83.9 Å². The van der Waals surface area contributed by atoms with Gasteiger partial charge in [0.15, 0.2) is 0 Å². The number of hydrogen-bond donors (Lipinski definition) is 0. The molecule has 0 radical (unpaired) electrons. The molecule has 0 spiro atoms. The van der Waals surface area contributed by atoms with E-state index in [4.69, 9.17) is 14.2 Å². The number of rotatable bonds is 14. The van der Waals surface area contributed by atoms with Gasteiger partial charge in [0.25, 0.3) is 0 Å². The third-order valence-corrected chi connectivity index (χ3v) is 6.61. The quantitative estimate of drug-likeness (QED) is 0.122. The van der Waals surface area contributed by atoms with Crippen LogP contribution >= 0.6 is 0 Å². The van der Waals surface area contributed by atoms with E-state index < -0.39 is 5.97 Å². The molecular weight excluding hydrogens is 476 g/mol. The summed E-state index contributed by atoms with van der Waals surface area (Å²) in [5, 5.41) is 0. The van der Waals surface area contributed by atoms with Crippen molar-refractivity contribution in [1.29, 1.82) is 0 Å². The highest BCUT2D eigenvalue weighted by Gasteiger charge is 2.13. The minimum atomic E-state index is -0.424. The summed E-state index contributed by atoms with van der Waals surface area (Å²) in [7, 11) is 0. The average molecular weight is 517 g/mol. The van der Waals surface area contributed by atoms with Gasteiger partial charge in [0.1, 0.15) is 11.5 Å². The van der Waals surface area contributed by atoms with E-state index in [0.717, 1.165) is 36.1 Å². The molecule has 3 rings (SSSR count). The van der Waals surface area contributed by atoms with Gasteiger partial charge < -0.3 is 14.2 Å². The van der Waals surface area contributed by atoms with Crippen molar-refractivity contribution >= 4 is 11.9 Å². The molecule has 0 aromatic heterocycles. The number of ether oxygens (including phenoxy) is 3. The van der Waals surface area contributed by atoms with Crippen molar-refractivity contribution in [2.45, 2.75) is 72.3 Å². The standard InChI is InChI=1S/C33H40O5/c1-5-7-8-9-10-25(4)37-32(34)28-15-11-26(12-16-28)27-13-17-29(18-14-27)33(35)38-31-21-19-30(20-22-31)36-23-24(3)6-2/h11-22,24-25H,5-10,23H2,1-4H3/t24?,25-/m1/s1. The fraction of sp³-hybridized carbons (Fsp3) is 0.394. The Morgan fingerprint density at radius 3 is 1.79 bits per heavy atom. The van der Waals surface area contributed by atoms with Crippen LogP contribution in [0.4, 0.5) is 0 Å². The largest absolute Gasteiger partial charge is 0.493 e. The number of carbonyl (C=O) groups is 2. The maximum absolute atomic E-state index is 12.6. The Labute approximate surface area is 227 Å². The van der Waals surface area contributed by atoms with Gasteiger partial charge in [-0.15, -0.1) is 0 Å². The van der Waals surface area contributed by atoms with Crippen LogP contribution in [0.25, 0.3) is 11.1 Å². The van der Waals surface area contributed by atoms with Gasteiger partial charge in [-0.1, -0.05) is 70.7 Å². The first kappa shape index (κ1) is 29.0. The maximum Gasteiger partial charge on any atom is 0.343 e. The van der Waals surface area contributed by atoms with Crippen LogP contribution in [0.3, 0.4) is 0 Å². The second-order valence-electron chi connectivity index (χ2n) is 9.91. The van der Waals surface area contributed by atoms with Crippen LogP contribution in [0.15, 0.2) is 72.8 Å². The Hall–Kier alpha value is -3.60. The normalized spacial score (nSPS) is 12.4. The summed E-state index contributed by atoms with van der Waals surface area (Å²) < 4.78 is 16.9. The van der Waals surface area contributed by atoms with Crippen LogP contribution in [-0.4, -0.2) is 24.6 Å². The average Bonchev–Trinajstić information content (AvgIpc) is 2.95. The lowest BCUT2D eigenvalue weighted by Crippen LogP contribution is -2.15.